The van der Waals surface area contributed by atoms with Gasteiger partial charge in [0, 0.05) is 13.6 Å². The Balaban J connectivity index is 1.94. The lowest BCUT2D eigenvalue weighted by atomic mass is 10.1. The maximum atomic E-state index is 5.95. The molecule has 0 spiro atoms. The van der Waals surface area contributed by atoms with Crippen LogP contribution in [0.15, 0.2) is 30.5 Å². The summed E-state index contributed by atoms with van der Waals surface area (Å²) in [6.45, 7) is 3.76. The molecular formula is C14H18ClN3. The van der Waals surface area contributed by atoms with Crippen LogP contribution in [0.3, 0.4) is 0 Å². The van der Waals surface area contributed by atoms with Crippen LogP contribution in [-0.2, 0) is 26.6 Å². The van der Waals surface area contributed by atoms with Crippen LogP contribution in [0.4, 0.5) is 0 Å². The molecule has 4 heteroatoms. The van der Waals surface area contributed by atoms with E-state index in [-0.39, 0.29) is 0 Å². The number of benzene rings is 1. The minimum Gasteiger partial charge on any atom is -0.321 e. The molecule has 0 aliphatic heterocycles. The molecular weight excluding hydrogens is 246 g/mol. The van der Waals surface area contributed by atoms with Gasteiger partial charge in [-0.05, 0) is 17.5 Å². The van der Waals surface area contributed by atoms with Gasteiger partial charge in [0.1, 0.15) is 11.0 Å². The van der Waals surface area contributed by atoms with Crippen molar-refractivity contribution in [1.82, 2.24) is 14.9 Å². The summed E-state index contributed by atoms with van der Waals surface area (Å²) in [6.07, 6.45) is 2.74. The number of aromatic nitrogens is 2. The van der Waals surface area contributed by atoms with Crippen molar-refractivity contribution in [2.75, 3.05) is 0 Å². The third kappa shape index (κ3) is 2.92. The lowest BCUT2D eigenvalue weighted by molar-refractivity contribution is 0.636. The van der Waals surface area contributed by atoms with Crippen molar-refractivity contribution in [3.63, 3.8) is 0 Å². The van der Waals surface area contributed by atoms with Gasteiger partial charge < -0.3 is 9.88 Å². The van der Waals surface area contributed by atoms with E-state index in [4.69, 9.17) is 11.6 Å². The number of nitrogens with zero attached hydrogens (tertiary/aromatic N) is 2. The average Bonchev–Trinajstić information content (AvgIpc) is 2.71. The molecule has 1 N–H and O–H groups in total. The molecule has 0 aliphatic carbocycles. The smallest absolute Gasteiger partial charge is 0.128 e. The Kier molecular flexibility index (Phi) is 4.39. The van der Waals surface area contributed by atoms with E-state index in [9.17, 15) is 0 Å². The predicted molar refractivity (Wildman–Crippen MR) is 74.6 cm³/mol. The molecule has 0 unspecified atom stereocenters. The zero-order chi connectivity index (χ0) is 13.0. The van der Waals surface area contributed by atoms with Crippen LogP contribution in [0.1, 0.15) is 23.9 Å². The molecule has 1 aromatic heterocycles. The summed E-state index contributed by atoms with van der Waals surface area (Å²) in [6, 6.07) is 8.50. The molecule has 0 aliphatic rings. The van der Waals surface area contributed by atoms with Crippen molar-refractivity contribution in [2.24, 2.45) is 7.05 Å². The third-order valence-electron chi connectivity index (χ3n) is 3.13. The molecule has 1 aromatic carbocycles. The van der Waals surface area contributed by atoms with Gasteiger partial charge in [-0.15, -0.1) is 0 Å². The predicted octanol–water partition coefficient (Wildman–Crippen LogP) is 2.93. The van der Waals surface area contributed by atoms with Crippen LogP contribution in [0.2, 0.25) is 5.15 Å². The molecule has 0 saturated carbocycles. The van der Waals surface area contributed by atoms with E-state index in [2.05, 4.69) is 41.5 Å². The van der Waals surface area contributed by atoms with E-state index in [0.29, 0.717) is 5.15 Å². The maximum Gasteiger partial charge on any atom is 0.128 e. The highest BCUT2D eigenvalue weighted by molar-refractivity contribution is 6.29. The third-order valence-corrected chi connectivity index (χ3v) is 3.48. The van der Waals surface area contributed by atoms with E-state index in [0.717, 1.165) is 25.3 Å². The van der Waals surface area contributed by atoms with Gasteiger partial charge in [-0.25, -0.2) is 4.98 Å². The molecule has 0 radical (unpaired) electrons. The summed E-state index contributed by atoms with van der Waals surface area (Å²) in [5, 5.41) is 4.07. The first-order valence-electron chi connectivity index (χ1n) is 6.16. The largest absolute Gasteiger partial charge is 0.321 e. The summed E-state index contributed by atoms with van der Waals surface area (Å²) in [4.78, 5) is 4.26. The SMILES string of the molecule is CCc1ccccc1CNCc1ncc(Cl)n1C. The summed E-state index contributed by atoms with van der Waals surface area (Å²) >= 11 is 5.95. The lowest BCUT2D eigenvalue weighted by Crippen LogP contribution is -2.16. The molecule has 3 nitrogen and oxygen atoms in total. The van der Waals surface area contributed by atoms with Crippen LogP contribution in [0, 0.1) is 0 Å². The van der Waals surface area contributed by atoms with Crippen LogP contribution in [-0.4, -0.2) is 9.55 Å². The van der Waals surface area contributed by atoms with Gasteiger partial charge in [-0.2, -0.15) is 0 Å². The zero-order valence-corrected chi connectivity index (χ0v) is 11.5. The molecule has 2 rings (SSSR count). The van der Waals surface area contributed by atoms with E-state index < -0.39 is 0 Å². The van der Waals surface area contributed by atoms with Gasteiger partial charge in [0.15, 0.2) is 0 Å². The number of imidazole rings is 1. The molecule has 0 atom stereocenters. The van der Waals surface area contributed by atoms with Crippen LogP contribution in [0.25, 0.3) is 0 Å². The van der Waals surface area contributed by atoms with Gasteiger partial charge >= 0.3 is 0 Å². The first-order chi connectivity index (χ1) is 8.72. The average molecular weight is 264 g/mol. The normalized spacial score (nSPS) is 10.8. The van der Waals surface area contributed by atoms with Crippen molar-refractivity contribution in [1.29, 1.82) is 0 Å². The van der Waals surface area contributed by atoms with Gasteiger partial charge in [0.25, 0.3) is 0 Å². The van der Waals surface area contributed by atoms with Crippen LogP contribution in [0.5, 0.6) is 0 Å². The second-order valence-corrected chi connectivity index (χ2v) is 4.67. The fourth-order valence-electron chi connectivity index (χ4n) is 1.97. The lowest BCUT2D eigenvalue weighted by Gasteiger charge is -2.09. The minimum atomic E-state index is 0.667. The van der Waals surface area contributed by atoms with Crippen molar-refractivity contribution < 1.29 is 0 Å². The Morgan fingerprint density at radius 1 is 1.22 bits per heavy atom. The first-order valence-corrected chi connectivity index (χ1v) is 6.53. The first kappa shape index (κ1) is 13.1. The zero-order valence-electron chi connectivity index (χ0n) is 10.8. The molecule has 96 valence electrons. The maximum absolute atomic E-state index is 5.95. The van der Waals surface area contributed by atoms with Crippen molar-refractivity contribution in [3.8, 4) is 0 Å². The summed E-state index contributed by atoms with van der Waals surface area (Å²) < 4.78 is 1.89. The minimum absolute atomic E-state index is 0.667. The quantitative estimate of drug-likeness (QED) is 0.899. The molecule has 0 fully saturated rings. The molecule has 18 heavy (non-hydrogen) atoms. The highest BCUT2D eigenvalue weighted by Gasteiger charge is 2.04. The van der Waals surface area contributed by atoms with E-state index in [1.807, 2.05) is 11.6 Å². The Morgan fingerprint density at radius 2 is 1.94 bits per heavy atom. The second kappa shape index (κ2) is 6.03. The van der Waals surface area contributed by atoms with E-state index in [1.165, 1.54) is 11.1 Å². The van der Waals surface area contributed by atoms with E-state index >= 15 is 0 Å². The van der Waals surface area contributed by atoms with Gasteiger partial charge in [0.05, 0.1) is 12.7 Å². The number of hydrogen-bond acceptors (Lipinski definition) is 2. The highest BCUT2D eigenvalue weighted by Crippen LogP contribution is 2.11. The van der Waals surface area contributed by atoms with Crippen LogP contribution >= 0.6 is 11.6 Å². The molecule has 0 bridgehead atoms. The Morgan fingerprint density at radius 3 is 2.56 bits per heavy atom. The van der Waals surface area contributed by atoms with Gasteiger partial charge in [-0.1, -0.05) is 42.8 Å². The number of halogens is 1. The summed E-state index contributed by atoms with van der Waals surface area (Å²) in [5.74, 6) is 0.953. The molecule has 0 amide bonds. The summed E-state index contributed by atoms with van der Waals surface area (Å²) in [5.41, 5.74) is 2.74. The van der Waals surface area contributed by atoms with Gasteiger partial charge in [-0.3, -0.25) is 0 Å². The van der Waals surface area contributed by atoms with Crippen molar-refractivity contribution in [2.45, 2.75) is 26.4 Å². The molecule has 2 aromatic rings. The molecule has 1 heterocycles. The standard InChI is InChI=1S/C14H18ClN3/c1-3-11-6-4-5-7-12(11)8-16-10-14-17-9-13(15)18(14)2/h4-7,9,16H,3,8,10H2,1-2H3. The topological polar surface area (TPSA) is 29.9 Å². The Bertz CT molecular complexity index is 520. The monoisotopic (exact) mass is 263 g/mol. The molecule has 0 saturated heterocycles. The highest BCUT2D eigenvalue weighted by atomic mass is 35.5. The van der Waals surface area contributed by atoms with Crippen LogP contribution < -0.4 is 5.32 Å². The number of rotatable bonds is 5. The number of nitrogens with one attached hydrogen (secondary N) is 1. The second-order valence-electron chi connectivity index (χ2n) is 4.28. The van der Waals surface area contributed by atoms with Gasteiger partial charge in [0.2, 0.25) is 0 Å². The fraction of sp³-hybridized carbons (Fsp3) is 0.357. The number of hydrogen-bond donors (Lipinski definition) is 1. The van der Waals surface area contributed by atoms with E-state index in [1.54, 1.807) is 6.20 Å². The Labute approximate surface area is 113 Å². The summed E-state index contributed by atoms with van der Waals surface area (Å²) in [7, 11) is 1.92. The van der Waals surface area contributed by atoms with Crippen molar-refractivity contribution >= 4 is 11.6 Å². The van der Waals surface area contributed by atoms with Crippen molar-refractivity contribution in [3.05, 3.63) is 52.6 Å². The fourth-order valence-corrected chi connectivity index (χ4v) is 2.12. The number of aryl methyl sites for hydroxylation is 1. The Hall–Kier alpha value is -1.32.